The van der Waals surface area contributed by atoms with Gasteiger partial charge in [-0.25, -0.2) is 12.8 Å². The number of anilines is 1. The summed E-state index contributed by atoms with van der Waals surface area (Å²) in [6, 6.07) is 15.2. The van der Waals surface area contributed by atoms with Crippen LogP contribution in [0.5, 0.6) is 5.75 Å². The van der Waals surface area contributed by atoms with Gasteiger partial charge >= 0.3 is 0 Å². The Kier molecular flexibility index (Phi) is 7.29. The monoisotopic (exact) mass is 471 g/mol. The van der Waals surface area contributed by atoms with Crippen molar-refractivity contribution in [2.45, 2.75) is 11.8 Å². The van der Waals surface area contributed by atoms with Crippen molar-refractivity contribution >= 4 is 27.5 Å². The van der Waals surface area contributed by atoms with E-state index in [9.17, 15) is 27.5 Å². The van der Waals surface area contributed by atoms with Gasteiger partial charge in [0.2, 0.25) is 0 Å². The molecule has 0 fully saturated rings. The number of carbonyl (C=O) groups is 2. The molecule has 0 atom stereocenters. The first-order valence-electron chi connectivity index (χ1n) is 9.91. The number of hydrogen-bond donors (Lipinski definition) is 4. The lowest BCUT2D eigenvalue weighted by molar-refractivity contribution is 0.0928. The van der Waals surface area contributed by atoms with Gasteiger partial charge in [-0.2, -0.15) is 0 Å². The Hall–Kier alpha value is -3.92. The SMILES string of the molecule is Cc1cc(S(=O)(=O)Nc2ccccc2C(=O)NCCNC(=O)c2ccc(O)cc2)ccc1F. The predicted octanol–water partition coefficient (Wildman–Crippen LogP) is 2.80. The van der Waals surface area contributed by atoms with E-state index in [4.69, 9.17) is 0 Å². The lowest BCUT2D eigenvalue weighted by Crippen LogP contribution is -2.35. The Morgan fingerprint density at radius 3 is 2.21 bits per heavy atom. The average Bonchev–Trinajstić information content (AvgIpc) is 2.78. The van der Waals surface area contributed by atoms with Crippen LogP contribution in [0.15, 0.2) is 71.6 Å². The zero-order valence-corrected chi connectivity index (χ0v) is 18.4. The third-order valence-corrected chi connectivity index (χ3v) is 6.04. The van der Waals surface area contributed by atoms with Crippen LogP contribution >= 0.6 is 0 Å². The second-order valence-corrected chi connectivity index (χ2v) is 8.80. The Morgan fingerprint density at radius 2 is 1.55 bits per heavy atom. The smallest absolute Gasteiger partial charge is 0.261 e. The molecule has 0 radical (unpaired) electrons. The Labute approximate surface area is 190 Å². The molecule has 8 nitrogen and oxygen atoms in total. The third-order valence-electron chi connectivity index (χ3n) is 4.68. The molecule has 3 rings (SSSR count). The van der Waals surface area contributed by atoms with Crippen LogP contribution in [0.2, 0.25) is 0 Å². The summed E-state index contributed by atoms with van der Waals surface area (Å²) in [6.07, 6.45) is 0. The molecule has 33 heavy (non-hydrogen) atoms. The number of phenolic OH excluding ortho intramolecular Hbond substituents is 1. The third kappa shape index (κ3) is 6.07. The zero-order chi connectivity index (χ0) is 24.0. The van der Waals surface area contributed by atoms with Crippen LogP contribution in [0.3, 0.4) is 0 Å². The highest BCUT2D eigenvalue weighted by molar-refractivity contribution is 7.92. The molecule has 0 spiro atoms. The van der Waals surface area contributed by atoms with E-state index < -0.39 is 21.7 Å². The molecular formula is C23H22FN3O5S. The van der Waals surface area contributed by atoms with Crippen LogP contribution in [0.4, 0.5) is 10.1 Å². The first kappa shape index (κ1) is 23.7. The van der Waals surface area contributed by atoms with Crippen molar-refractivity contribution in [1.29, 1.82) is 0 Å². The minimum Gasteiger partial charge on any atom is -0.508 e. The summed E-state index contributed by atoms with van der Waals surface area (Å²) < 4.78 is 41.3. The second kappa shape index (κ2) is 10.1. The fraction of sp³-hybridized carbons (Fsp3) is 0.130. The van der Waals surface area contributed by atoms with E-state index in [0.717, 1.165) is 12.1 Å². The molecule has 2 amide bonds. The number of halogens is 1. The van der Waals surface area contributed by atoms with Gasteiger partial charge in [0, 0.05) is 18.7 Å². The molecule has 0 aliphatic heterocycles. The van der Waals surface area contributed by atoms with Gasteiger partial charge < -0.3 is 15.7 Å². The molecule has 0 aromatic heterocycles. The van der Waals surface area contributed by atoms with Crippen molar-refractivity contribution in [2.24, 2.45) is 0 Å². The molecule has 4 N–H and O–H groups in total. The molecule has 0 aliphatic rings. The van der Waals surface area contributed by atoms with Crippen molar-refractivity contribution in [1.82, 2.24) is 10.6 Å². The van der Waals surface area contributed by atoms with E-state index in [0.29, 0.717) is 5.56 Å². The van der Waals surface area contributed by atoms with Crippen molar-refractivity contribution < 1.29 is 27.5 Å². The van der Waals surface area contributed by atoms with E-state index in [1.54, 1.807) is 12.1 Å². The van der Waals surface area contributed by atoms with E-state index in [1.807, 2.05) is 0 Å². The average molecular weight is 472 g/mol. The molecule has 3 aromatic carbocycles. The van der Waals surface area contributed by atoms with Crippen molar-refractivity contribution in [3.05, 3.63) is 89.2 Å². The van der Waals surface area contributed by atoms with Gasteiger partial charge in [0.15, 0.2) is 0 Å². The first-order chi connectivity index (χ1) is 15.7. The highest BCUT2D eigenvalue weighted by Crippen LogP contribution is 2.21. The minimum absolute atomic E-state index is 0.0441. The summed E-state index contributed by atoms with van der Waals surface area (Å²) in [7, 11) is -4.05. The number of amides is 2. The topological polar surface area (TPSA) is 125 Å². The number of benzene rings is 3. The lowest BCUT2D eigenvalue weighted by Gasteiger charge is -2.13. The maximum absolute atomic E-state index is 13.5. The Balaban J connectivity index is 1.62. The molecule has 0 bridgehead atoms. The molecule has 172 valence electrons. The van der Waals surface area contributed by atoms with Crippen LogP contribution in [0.25, 0.3) is 0 Å². The lowest BCUT2D eigenvalue weighted by atomic mass is 10.1. The van der Waals surface area contributed by atoms with Gasteiger partial charge in [-0.05, 0) is 67.1 Å². The van der Waals surface area contributed by atoms with Crippen LogP contribution in [-0.4, -0.2) is 38.4 Å². The minimum atomic E-state index is -4.05. The summed E-state index contributed by atoms with van der Waals surface area (Å²) in [5.74, 6) is -1.39. The number of para-hydroxylation sites is 1. The Morgan fingerprint density at radius 1 is 0.909 bits per heavy atom. The highest BCUT2D eigenvalue weighted by atomic mass is 32.2. The number of carbonyl (C=O) groups excluding carboxylic acids is 2. The van der Waals surface area contributed by atoms with Gasteiger partial charge in [0.05, 0.1) is 16.1 Å². The molecule has 3 aromatic rings. The highest BCUT2D eigenvalue weighted by Gasteiger charge is 2.19. The van der Waals surface area contributed by atoms with Gasteiger partial charge in [0.1, 0.15) is 11.6 Å². The van der Waals surface area contributed by atoms with E-state index in [1.165, 1.54) is 49.4 Å². The maximum Gasteiger partial charge on any atom is 0.261 e. The molecule has 10 heteroatoms. The van der Waals surface area contributed by atoms with Crippen LogP contribution in [0.1, 0.15) is 26.3 Å². The summed E-state index contributed by atoms with van der Waals surface area (Å²) in [6.45, 7) is 1.69. The van der Waals surface area contributed by atoms with Crippen molar-refractivity contribution in [3.8, 4) is 5.75 Å². The quantitative estimate of drug-likeness (QED) is 0.376. The van der Waals surface area contributed by atoms with E-state index in [2.05, 4.69) is 15.4 Å². The maximum atomic E-state index is 13.5. The fourth-order valence-electron chi connectivity index (χ4n) is 2.92. The molecule has 0 unspecified atom stereocenters. The fourth-order valence-corrected chi connectivity index (χ4v) is 4.08. The number of aryl methyl sites for hydroxylation is 1. The number of nitrogens with one attached hydrogen (secondary N) is 3. The van der Waals surface area contributed by atoms with Gasteiger partial charge in [0.25, 0.3) is 21.8 Å². The number of aromatic hydroxyl groups is 1. The van der Waals surface area contributed by atoms with Gasteiger partial charge in [-0.3, -0.25) is 14.3 Å². The summed E-state index contributed by atoms with van der Waals surface area (Å²) >= 11 is 0. The van der Waals surface area contributed by atoms with E-state index in [-0.39, 0.29) is 46.5 Å². The number of phenols is 1. The molecule has 0 heterocycles. The van der Waals surface area contributed by atoms with E-state index >= 15 is 0 Å². The van der Waals surface area contributed by atoms with Crippen LogP contribution in [0, 0.1) is 12.7 Å². The summed E-state index contributed by atoms with van der Waals surface area (Å²) in [5.41, 5.74) is 0.683. The molecular weight excluding hydrogens is 449 g/mol. The zero-order valence-electron chi connectivity index (χ0n) is 17.6. The largest absolute Gasteiger partial charge is 0.508 e. The number of hydrogen-bond acceptors (Lipinski definition) is 5. The molecule has 0 aliphatic carbocycles. The first-order valence-corrected chi connectivity index (χ1v) is 11.4. The molecule has 0 saturated carbocycles. The normalized spacial score (nSPS) is 11.0. The van der Waals surface area contributed by atoms with Crippen LogP contribution < -0.4 is 15.4 Å². The van der Waals surface area contributed by atoms with Gasteiger partial charge in [-0.1, -0.05) is 12.1 Å². The Bertz CT molecular complexity index is 1280. The van der Waals surface area contributed by atoms with Crippen molar-refractivity contribution in [2.75, 3.05) is 17.8 Å². The molecule has 0 saturated heterocycles. The summed E-state index contributed by atoms with van der Waals surface area (Å²) in [4.78, 5) is 24.5. The van der Waals surface area contributed by atoms with Crippen molar-refractivity contribution in [3.63, 3.8) is 0 Å². The predicted molar refractivity (Wildman–Crippen MR) is 121 cm³/mol. The van der Waals surface area contributed by atoms with Gasteiger partial charge in [-0.15, -0.1) is 0 Å². The summed E-state index contributed by atoms with van der Waals surface area (Å²) in [5, 5.41) is 14.5. The number of rotatable bonds is 8. The number of sulfonamides is 1. The second-order valence-electron chi connectivity index (χ2n) is 7.12. The standard InChI is InChI=1S/C23H22FN3O5S/c1-15-14-18(10-11-20(15)24)33(31,32)27-21-5-3-2-4-19(21)23(30)26-13-12-25-22(29)16-6-8-17(28)9-7-16/h2-11,14,27-28H,12-13H2,1H3,(H,25,29)(H,26,30). The van der Waals surface area contributed by atoms with Crippen LogP contribution in [-0.2, 0) is 10.0 Å².